The zero-order valence-corrected chi connectivity index (χ0v) is 9.08. The van der Waals surface area contributed by atoms with Crippen molar-refractivity contribution in [3.8, 4) is 0 Å². The second-order valence-electron chi connectivity index (χ2n) is 4.05. The van der Waals surface area contributed by atoms with Crippen molar-refractivity contribution < 1.29 is 4.79 Å². The summed E-state index contributed by atoms with van der Waals surface area (Å²) in [5.41, 5.74) is 1.79. The number of carbonyl (C=O) groups excluding carboxylic acids is 1. The molecule has 0 aliphatic heterocycles. The summed E-state index contributed by atoms with van der Waals surface area (Å²) in [4.78, 5) is 15.7. The molecule has 0 saturated heterocycles. The summed E-state index contributed by atoms with van der Waals surface area (Å²) < 4.78 is 0. The molecule has 76 valence electrons. The molecule has 0 aromatic carbocycles. The maximum atomic E-state index is 11.7. The number of hydrogen-bond donors (Lipinski definition) is 0. The Kier molecular flexibility index (Phi) is 3.81. The predicted molar refractivity (Wildman–Crippen MR) is 57.4 cm³/mol. The van der Waals surface area contributed by atoms with E-state index in [9.17, 15) is 4.79 Å². The Morgan fingerprint density at radius 1 is 1.50 bits per heavy atom. The minimum absolute atomic E-state index is 0.212. The molecule has 1 aromatic heterocycles. The van der Waals surface area contributed by atoms with Crippen LogP contribution in [-0.2, 0) is 0 Å². The molecule has 0 amide bonds. The fourth-order valence-corrected chi connectivity index (χ4v) is 1.31. The number of nitrogens with zero attached hydrogens (tertiary/aromatic N) is 1. The summed E-state index contributed by atoms with van der Waals surface area (Å²) in [6.07, 6.45) is 4.96. The van der Waals surface area contributed by atoms with Crippen LogP contribution >= 0.6 is 0 Å². The summed E-state index contributed by atoms with van der Waals surface area (Å²) >= 11 is 0. The molecule has 0 N–H and O–H groups in total. The quantitative estimate of drug-likeness (QED) is 0.685. The lowest BCUT2D eigenvalue weighted by atomic mass is 10.00. The van der Waals surface area contributed by atoms with Crippen LogP contribution in [0.1, 0.15) is 42.6 Å². The highest BCUT2D eigenvalue weighted by atomic mass is 16.1. The van der Waals surface area contributed by atoms with Crippen LogP contribution in [0.4, 0.5) is 0 Å². The Morgan fingerprint density at radius 3 is 2.79 bits per heavy atom. The third-order valence-corrected chi connectivity index (χ3v) is 2.29. The molecule has 0 aliphatic carbocycles. The van der Waals surface area contributed by atoms with Gasteiger partial charge < -0.3 is 0 Å². The van der Waals surface area contributed by atoms with Gasteiger partial charge in [-0.15, -0.1) is 0 Å². The molecule has 0 spiro atoms. The lowest BCUT2D eigenvalue weighted by molar-refractivity contribution is 0.0974. The van der Waals surface area contributed by atoms with Crippen LogP contribution < -0.4 is 0 Å². The summed E-state index contributed by atoms with van der Waals surface area (Å²) in [6, 6.07) is 1.88. The zero-order valence-electron chi connectivity index (χ0n) is 9.08. The van der Waals surface area contributed by atoms with Crippen molar-refractivity contribution in [2.24, 2.45) is 5.92 Å². The van der Waals surface area contributed by atoms with E-state index in [1.54, 1.807) is 12.4 Å². The Balaban J connectivity index is 2.65. The van der Waals surface area contributed by atoms with Gasteiger partial charge in [0.05, 0.1) is 0 Å². The molecule has 2 heteroatoms. The highest BCUT2D eigenvalue weighted by Crippen LogP contribution is 2.12. The molecular weight excluding hydrogens is 174 g/mol. The van der Waals surface area contributed by atoms with Crippen LogP contribution in [0.25, 0.3) is 0 Å². The highest BCUT2D eigenvalue weighted by molar-refractivity contribution is 5.97. The van der Waals surface area contributed by atoms with Crippen LogP contribution in [0.3, 0.4) is 0 Å². The zero-order chi connectivity index (χ0) is 10.6. The largest absolute Gasteiger partial charge is 0.294 e. The van der Waals surface area contributed by atoms with Gasteiger partial charge in [-0.3, -0.25) is 9.78 Å². The van der Waals surface area contributed by atoms with Crippen LogP contribution in [0.5, 0.6) is 0 Å². The number of rotatable bonds is 4. The lowest BCUT2D eigenvalue weighted by Crippen LogP contribution is -2.03. The van der Waals surface area contributed by atoms with Gasteiger partial charge in [-0.25, -0.2) is 0 Å². The summed E-state index contributed by atoms with van der Waals surface area (Å²) in [6.45, 7) is 6.21. The SMILES string of the molecule is Cc1ccncc1C(=O)CCC(C)C. The molecule has 0 unspecified atom stereocenters. The second-order valence-corrected chi connectivity index (χ2v) is 4.05. The minimum Gasteiger partial charge on any atom is -0.294 e. The number of carbonyl (C=O) groups is 1. The van der Waals surface area contributed by atoms with E-state index in [-0.39, 0.29) is 5.78 Å². The van der Waals surface area contributed by atoms with Crippen molar-refractivity contribution >= 4 is 5.78 Å². The molecule has 0 fully saturated rings. The van der Waals surface area contributed by atoms with Gasteiger partial charge in [0.25, 0.3) is 0 Å². The van der Waals surface area contributed by atoms with E-state index in [1.165, 1.54) is 0 Å². The van der Waals surface area contributed by atoms with Gasteiger partial charge in [-0.1, -0.05) is 13.8 Å². The maximum Gasteiger partial charge on any atom is 0.164 e. The Hall–Kier alpha value is -1.18. The number of hydrogen-bond acceptors (Lipinski definition) is 2. The summed E-state index contributed by atoms with van der Waals surface area (Å²) in [5.74, 6) is 0.792. The number of ketones is 1. The predicted octanol–water partition coefficient (Wildman–Crippen LogP) is 3.01. The molecule has 0 atom stereocenters. The normalized spacial score (nSPS) is 10.6. The average molecular weight is 191 g/mol. The Morgan fingerprint density at radius 2 is 2.21 bits per heavy atom. The van der Waals surface area contributed by atoms with Gasteiger partial charge in [-0.2, -0.15) is 0 Å². The van der Waals surface area contributed by atoms with Crippen LogP contribution in [0.2, 0.25) is 0 Å². The second kappa shape index (κ2) is 4.89. The molecule has 0 saturated carbocycles. The lowest BCUT2D eigenvalue weighted by Gasteiger charge is -2.05. The van der Waals surface area contributed by atoms with Crippen molar-refractivity contribution in [2.75, 3.05) is 0 Å². The smallest absolute Gasteiger partial charge is 0.164 e. The van der Waals surface area contributed by atoms with E-state index in [1.807, 2.05) is 13.0 Å². The maximum absolute atomic E-state index is 11.7. The molecular formula is C12H17NO. The first-order valence-electron chi connectivity index (χ1n) is 5.05. The van der Waals surface area contributed by atoms with Crippen LogP contribution in [-0.4, -0.2) is 10.8 Å². The molecule has 2 nitrogen and oxygen atoms in total. The first-order chi connectivity index (χ1) is 6.61. The minimum atomic E-state index is 0.212. The van der Waals surface area contributed by atoms with Crippen molar-refractivity contribution in [1.29, 1.82) is 0 Å². The molecule has 1 heterocycles. The van der Waals surface area contributed by atoms with E-state index >= 15 is 0 Å². The third-order valence-electron chi connectivity index (χ3n) is 2.29. The molecule has 0 aliphatic rings. The van der Waals surface area contributed by atoms with Gasteiger partial charge in [-0.05, 0) is 30.9 Å². The van der Waals surface area contributed by atoms with E-state index in [2.05, 4.69) is 18.8 Å². The van der Waals surface area contributed by atoms with Crippen molar-refractivity contribution in [2.45, 2.75) is 33.6 Å². The average Bonchev–Trinajstić information content (AvgIpc) is 2.15. The number of aromatic nitrogens is 1. The summed E-state index contributed by atoms with van der Waals surface area (Å²) in [5, 5.41) is 0. The monoisotopic (exact) mass is 191 g/mol. The van der Waals surface area contributed by atoms with E-state index < -0.39 is 0 Å². The van der Waals surface area contributed by atoms with Gasteiger partial charge in [0.1, 0.15) is 0 Å². The fraction of sp³-hybridized carbons (Fsp3) is 0.500. The molecule has 0 bridgehead atoms. The third kappa shape index (κ3) is 2.95. The van der Waals surface area contributed by atoms with Crippen molar-refractivity contribution in [3.63, 3.8) is 0 Å². The first-order valence-corrected chi connectivity index (χ1v) is 5.05. The number of Topliss-reactive ketones (excluding diaryl/α,β-unsaturated/α-hetero) is 1. The first kappa shape index (κ1) is 10.9. The molecule has 1 rings (SSSR count). The van der Waals surface area contributed by atoms with Gasteiger partial charge in [0.2, 0.25) is 0 Å². The molecule has 0 radical (unpaired) electrons. The van der Waals surface area contributed by atoms with E-state index in [0.29, 0.717) is 12.3 Å². The molecule has 1 aromatic rings. The van der Waals surface area contributed by atoms with E-state index in [4.69, 9.17) is 0 Å². The summed E-state index contributed by atoms with van der Waals surface area (Å²) in [7, 11) is 0. The Bertz CT molecular complexity index is 318. The van der Waals surface area contributed by atoms with Crippen LogP contribution in [0.15, 0.2) is 18.5 Å². The number of pyridine rings is 1. The Labute approximate surface area is 85.4 Å². The topological polar surface area (TPSA) is 30.0 Å². The highest BCUT2D eigenvalue weighted by Gasteiger charge is 2.09. The van der Waals surface area contributed by atoms with Crippen molar-refractivity contribution in [1.82, 2.24) is 4.98 Å². The van der Waals surface area contributed by atoms with Gasteiger partial charge in [0.15, 0.2) is 5.78 Å². The van der Waals surface area contributed by atoms with E-state index in [0.717, 1.165) is 17.5 Å². The standard InChI is InChI=1S/C12H17NO/c1-9(2)4-5-12(14)11-8-13-7-6-10(11)3/h6-9H,4-5H2,1-3H3. The number of aryl methyl sites for hydroxylation is 1. The van der Waals surface area contributed by atoms with Gasteiger partial charge >= 0.3 is 0 Å². The fourth-order valence-electron chi connectivity index (χ4n) is 1.31. The van der Waals surface area contributed by atoms with Gasteiger partial charge in [0, 0.05) is 24.4 Å². The van der Waals surface area contributed by atoms with Crippen molar-refractivity contribution in [3.05, 3.63) is 29.6 Å². The molecule has 14 heavy (non-hydrogen) atoms. The van der Waals surface area contributed by atoms with Crippen LogP contribution in [0, 0.1) is 12.8 Å².